The molecule has 438 valence electrons. The maximum atomic E-state index is 14.9. The zero-order chi connectivity index (χ0) is 56.0. The summed E-state index contributed by atoms with van der Waals surface area (Å²) in [6.45, 7) is 22.9. The first-order valence-corrected chi connectivity index (χ1v) is 32.0. The van der Waals surface area contributed by atoms with Crippen molar-refractivity contribution in [2.45, 2.75) is 246 Å². The number of aliphatic hydroxyl groups excluding tert-OH is 4. The molecule has 0 radical (unpaired) electrons. The van der Waals surface area contributed by atoms with Crippen molar-refractivity contribution in [3.05, 3.63) is 0 Å². The fourth-order valence-electron chi connectivity index (χ4n) is 20.5. The third-order valence-corrected chi connectivity index (χ3v) is 26.2. The third-order valence-electron chi connectivity index (χ3n) is 24.4. The molecule has 1 aliphatic heterocycles. The van der Waals surface area contributed by atoms with Crippen molar-refractivity contribution in [1.29, 1.82) is 0 Å². The Morgan fingerprint density at radius 3 is 1.39 bits per heavy atom. The first-order valence-electron chi connectivity index (χ1n) is 30.2. The number of fused-ring (bicyclic) bond motifs is 10. The Morgan fingerprint density at radius 1 is 0.579 bits per heavy atom. The monoisotopic (exact) mass is 1100 g/mol. The minimum Gasteiger partial charge on any atom is -0.481 e. The molecule has 0 aromatic rings. The van der Waals surface area contributed by atoms with Crippen LogP contribution in [0.5, 0.6) is 0 Å². The van der Waals surface area contributed by atoms with Crippen LogP contribution in [0.25, 0.3) is 0 Å². The van der Waals surface area contributed by atoms with Crippen molar-refractivity contribution >= 4 is 21.7 Å². The summed E-state index contributed by atoms with van der Waals surface area (Å²) in [5.74, 6) is -4.70. The van der Waals surface area contributed by atoms with Gasteiger partial charge in [0.05, 0.1) is 23.7 Å². The molecule has 8 aliphatic carbocycles. The lowest BCUT2D eigenvalue weighted by atomic mass is 9.43. The zero-order valence-corrected chi connectivity index (χ0v) is 48.7. The molecule has 1 heterocycles. The second-order valence-electron chi connectivity index (χ2n) is 28.9. The molecule has 9 aliphatic rings. The van der Waals surface area contributed by atoms with Gasteiger partial charge in [-0.25, -0.2) is 26.0 Å². The summed E-state index contributed by atoms with van der Waals surface area (Å²) in [6.07, 6.45) is 6.41. The number of rotatable bonds is 14. The molecule has 11 nitrogen and oxygen atoms in total. The summed E-state index contributed by atoms with van der Waals surface area (Å²) in [6, 6.07) is 0.393. The molecule has 9 fully saturated rings. The molecule has 1 amide bonds. The van der Waals surface area contributed by atoms with Gasteiger partial charge in [-0.15, -0.1) is 0 Å². The molecule has 7 unspecified atom stereocenters. The van der Waals surface area contributed by atoms with Gasteiger partial charge in [0.1, 0.15) is 12.2 Å². The quantitative estimate of drug-likeness (QED) is 0.105. The highest BCUT2D eigenvalue weighted by molar-refractivity contribution is 7.91. The summed E-state index contributed by atoms with van der Waals surface area (Å²) in [7, 11) is -3.13. The molecule has 8 saturated carbocycles. The average molecular weight is 1100 g/mol. The van der Waals surface area contributed by atoms with Gasteiger partial charge in [0, 0.05) is 56.9 Å². The zero-order valence-electron chi connectivity index (χ0n) is 47.9. The summed E-state index contributed by atoms with van der Waals surface area (Å²) in [5.41, 5.74) is -1.10. The maximum Gasteiger partial charge on any atom is 0.303 e. The Kier molecular flexibility index (Phi) is 17.5. The molecule has 0 bridgehead atoms. The van der Waals surface area contributed by atoms with Gasteiger partial charge >= 0.3 is 5.97 Å². The van der Waals surface area contributed by atoms with Crippen LogP contribution in [0.1, 0.15) is 191 Å². The minimum absolute atomic E-state index is 0.00505. The maximum absolute atomic E-state index is 14.9. The van der Waals surface area contributed by atoms with Crippen LogP contribution < -0.4 is 0 Å². The highest BCUT2D eigenvalue weighted by Crippen LogP contribution is 2.71. The number of carboxylic acids is 1. The SMILES string of the molecule is CC(C)N(CCN(C(=O)CC[C@@H](C)[C@H]1CCC2C3C(CC[C@@]21C)[C@@]1(C)CC(F)(F)[C@H](O)C[C@H]1C[C@@H]3O)C1CCS(=O)(=O)C1)C(C)C.C[C@H](CCC(=O)O)[C@H]1CCC2C3C(CC[C@@]21C)[C@@]1(C)CC(F)(F)[C@H](O)C[C@H]1C[C@@H]3O. The van der Waals surface area contributed by atoms with Crippen molar-refractivity contribution in [3.63, 3.8) is 0 Å². The van der Waals surface area contributed by atoms with E-state index in [-0.39, 0.29) is 114 Å². The van der Waals surface area contributed by atoms with E-state index in [2.05, 4.69) is 60.3 Å². The molecule has 0 aromatic carbocycles. The lowest BCUT2D eigenvalue weighted by molar-refractivity contribution is -0.236. The minimum atomic E-state index is -3.13. The average Bonchev–Trinajstić information content (AvgIpc) is 4.04. The van der Waals surface area contributed by atoms with Crippen molar-refractivity contribution in [2.24, 2.45) is 92.7 Å². The number of carboxylic acid groups (broad SMARTS) is 1. The van der Waals surface area contributed by atoms with Gasteiger partial charge in [-0.1, -0.05) is 41.5 Å². The van der Waals surface area contributed by atoms with Crippen LogP contribution in [0.3, 0.4) is 0 Å². The molecular weight excluding hydrogens is 1000 g/mol. The normalized spacial score (nSPS) is 45.6. The van der Waals surface area contributed by atoms with Crippen LogP contribution in [0, 0.1) is 92.7 Å². The van der Waals surface area contributed by atoms with E-state index in [1.807, 2.05) is 18.7 Å². The Morgan fingerprint density at radius 2 is 1.00 bits per heavy atom. The molecule has 0 aromatic heterocycles. The number of amides is 1. The molecule has 76 heavy (non-hydrogen) atoms. The number of halogens is 4. The smallest absolute Gasteiger partial charge is 0.303 e. The molecular formula is C60H100F4N2O9S. The van der Waals surface area contributed by atoms with Crippen LogP contribution in [-0.4, -0.2) is 135 Å². The summed E-state index contributed by atoms with van der Waals surface area (Å²) < 4.78 is 83.7. The van der Waals surface area contributed by atoms with Gasteiger partial charge in [-0.3, -0.25) is 14.5 Å². The lowest BCUT2D eigenvalue weighted by Gasteiger charge is -2.63. The van der Waals surface area contributed by atoms with E-state index in [4.69, 9.17) is 5.11 Å². The van der Waals surface area contributed by atoms with Crippen LogP contribution >= 0.6 is 0 Å². The number of carbonyl (C=O) groups is 2. The van der Waals surface area contributed by atoms with E-state index in [9.17, 15) is 56.0 Å². The highest BCUT2D eigenvalue weighted by Gasteiger charge is 2.68. The van der Waals surface area contributed by atoms with E-state index >= 15 is 0 Å². The number of aliphatic hydroxyl groups is 4. The third kappa shape index (κ3) is 11.1. The molecule has 0 spiro atoms. The van der Waals surface area contributed by atoms with Gasteiger partial charge in [-0.2, -0.15) is 0 Å². The lowest BCUT2D eigenvalue weighted by Crippen LogP contribution is -2.62. The van der Waals surface area contributed by atoms with E-state index in [1.54, 1.807) is 0 Å². The van der Waals surface area contributed by atoms with E-state index in [0.717, 1.165) is 57.8 Å². The topological polar surface area (TPSA) is 176 Å². The van der Waals surface area contributed by atoms with Crippen molar-refractivity contribution in [2.75, 3.05) is 24.6 Å². The summed E-state index contributed by atoms with van der Waals surface area (Å²) >= 11 is 0. The molecule has 16 heteroatoms. The predicted octanol–water partition coefficient (Wildman–Crippen LogP) is 10.5. The number of hydrogen-bond acceptors (Lipinski definition) is 9. The first kappa shape index (κ1) is 60.5. The first-order chi connectivity index (χ1) is 35.2. The van der Waals surface area contributed by atoms with Gasteiger partial charge in [0.2, 0.25) is 5.91 Å². The Balaban J connectivity index is 0.000000220. The van der Waals surface area contributed by atoms with E-state index < -0.39 is 62.9 Å². The second-order valence-corrected chi connectivity index (χ2v) is 31.2. The largest absolute Gasteiger partial charge is 0.481 e. The summed E-state index contributed by atoms with van der Waals surface area (Å²) in [5, 5.41) is 52.0. The van der Waals surface area contributed by atoms with Crippen molar-refractivity contribution in [3.8, 4) is 0 Å². The fraction of sp³-hybridized carbons (Fsp3) is 0.967. The van der Waals surface area contributed by atoms with Gasteiger partial charge in [-0.05, 0) is 217 Å². The van der Waals surface area contributed by atoms with Crippen LogP contribution in [0.15, 0.2) is 0 Å². The van der Waals surface area contributed by atoms with Crippen LogP contribution in [0.2, 0.25) is 0 Å². The highest BCUT2D eigenvalue weighted by atomic mass is 32.2. The van der Waals surface area contributed by atoms with Crippen molar-refractivity contribution < 1.29 is 61.1 Å². The number of nitrogens with zero attached hydrogens (tertiary/aromatic N) is 2. The molecule has 21 atom stereocenters. The molecule has 5 N–H and O–H groups in total. The van der Waals surface area contributed by atoms with Gasteiger partial charge in [0.25, 0.3) is 11.8 Å². The van der Waals surface area contributed by atoms with E-state index in [0.29, 0.717) is 80.9 Å². The van der Waals surface area contributed by atoms with Crippen LogP contribution in [0.4, 0.5) is 17.6 Å². The van der Waals surface area contributed by atoms with Crippen molar-refractivity contribution in [1.82, 2.24) is 9.80 Å². The number of hydrogen-bond donors (Lipinski definition) is 5. The Labute approximate surface area is 453 Å². The standard InChI is InChI=1S/C36H62F2N2O5S.C24H38F2O4/c1-22(2)39(23(3)4)15-16-40(26-13-17-46(44,45)20-26)32(43)11-8-24(5)27-9-10-28-33-29(12-14-34(27,28)6)35(7)21-36(37,38)31(42)19-25(35)18-30(33)41;1-13(4-7-20(29)30)15-5-6-16-21-17(8-9-22(15,16)2)23(3)12-24(25,26)19(28)11-14(23)10-18(21)27/h22-31,33,41-42H,8-21H2,1-7H3;13-19,21,27-28H,4-12H2,1-3H3,(H,29,30)/t24-,25-,26?,27-,28?,29?,30+,31-,33?,34-,35+;13-,14-,15-,16?,17?,18+,19-,21?,22-,23+/m11/s1. The van der Waals surface area contributed by atoms with Gasteiger partial charge < -0.3 is 30.4 Å². The number of carbonyl (C=O) groups excluding carboxylic acids is 1. The Hall–Kier alpha value is -1.59. The summed E-state index contributed by atoms with van der Waals surface area (Å²) in [4.78, 5) is 29.1. The fourth-order valence-corrected chi connectivity index (χ4v) is 22.3. The number of sulfone groups is 1. The number of alkyl halides is 4. The number of aliphatic carboxylic acids is 1. The second kappa shape index (κ2) is 22.0. The van der Waals surface area contributed by atoms with E-state index in [1.165, 1.54) is 0 Å². The van der Waals surface area contributed by atoms with Crippen LogP contribution in [-0.2, 0) is 19.4 Å². The predicted molar refractivity (Wildman–Crippen MR) is 286 cm³/mol. The molecule has 9 rings (SSSR count). The Bertz CT molecular complexity index is 2180. The molecule has 1 saturated heterocycles. The van der Waals surface area contributed by atoms with Gasteiger partial charge in [0.15, 0.2) is 9.84 Å².